The van der Waals surface area contributed by atoms with Crippen molar-refractivity contribution >= 4 is 44.0 Å². The number of H-pyrrole nitrogens is 1. The van der Waals surface area contributed by atoms with Crippen LogP contribution in [0.2, 0.25) is 0 Å². The van der Waals surface area contributed by atoms with Crippen LogP contribution in [0.3, 0.4) is 0 Å². The Kier molecular flexibility index (Phi) is 5.87. The molecule has 3 N–H and O–H groups in total. The number of hydrogen-bond donors (Lipinski definition) is 3. The average Bonchev–Trinajstić information content (AvgIpc) is 3.21. The van der Waals surface area contributed by atoms with Crippen LogP contribution in [0.5, 0.6) is 5.75 Å². The fourth-order valence-electron chi connectivity index (χ4n) is 3.09. The fraction of sp³-hybridized carbons (Fsp3) is 0.0952. The van der Waals surface area contributed by atoms with E-state index in [-0.39, 0.29) is 21.2 Å². The monoisotopic (exact) mass is 488 g/mol. The fourth-order valence-corrected chi connectivity index (χ4v) is 5.28. The number of halogens is 1. The zero-order valence-corrected chi connectivity index (χ0v) is 18.9. The highest BCUT2D eigenvalue weighted by molar-refractivity contribution is 7.92. The number of nitrogens with one attached hydrogen (secondary N) is 3. The molecular weight excluding hydrogens is 471 g/mol. The quantitative estimate of drug-likeness (QED) is 0.393. The number of methoxy groups -OCH3 is 1. The van der Waals surface area contributed by atoms with Gasteiger partial charge in [-0.25, -0.2) is 22.3 Å². The molecule has 9 nitrogen and oxygen atoms in total. The van der Waals surface area contributed by atoms with E-state index >= 15 is 0 Å². The van der Waals surface area contributed by atoms with Gasteiger partial charge in [-0.3, -0.25) is 9.89 Å². The van der Waals surface area contributed by atoms with Gasteiger partial charge in [0.2, 0.25) is 5.43 Å². The van der Waals surface area contributed by atoms with E-state index in [0.717, 1.165) is 22.3 Å². The SMILES string of the molecule is COc1ccc2c(=O)c(-c3ccc(NC(=O)NS(=O)(=O)c4ccc(C)s4)cc3F)n[nH]c2c1. The van der Waals surface area contributed by atoms with Crippen LogP contribution in [0, 0.1) is 12.7 Å². The third-order valence-corrected chi connectivity index (χ3v) is 7.49. The van der Waals surface area contributed by atoms with Gasteiger partial charge >= 0.3 is 6.03 Å². The first-order valence-electron chi connectivity index (χ1n) is 9.44. The molecule has 2 heterocycles. The number of fused-ring (bicyclic) bond motifs is 1. The smallest absolute Gasteiger partial charge is 0.333 e. The van der Waals surface area contributed by atoms with Crippen molar-refractivity contribution in [1.82, 2.24) is 14.9 Å². The van der Waals surface area contributed by atoms with Gasteiger partial charge in [0.25, 0.3) is 10.0 Å². The molecule has 0 aliphatic rings. The molecule has 170 valence electrons. The lowest BCUT2D eigenvalue weighted by molar-refractivity contribution is 0.256. The molecule has 0 aliphatic heterocycles. The largest absolute Gasteiger partial charge is 0.497 e. The lowest BCUT2D eigenvalue weighted by Gasteiger charge is -2.09. The zero-order chi connectivity index (χ0) is 23.8. The summed E-state index contributed by atoms with van der Waals surface area (Å²) in [6.07, 6.45) is 0. The number of aromatic amines is 1. The molecule has 0 radical (unpaired) electrons. The van der Waals surface area contributed by atoms with Crippen molar-refractivity contribution in [2.24, 2.45) is 0 Å². The van der Waals surface area contributed by atoms with Gasteiger partial charge in [0.15, 0.2) is 0 Å². The molecule has 0 bridgehead atoms. The summed E-state index contributed by atoms with van der Waals surface area (Å²) in [6.45, 7) is 1.74. The molecule has 0 spiro atoms. The second kappa shape index (κ2) is 8.64. The highest BCUT2D eigenvalue weighted by Crippen LogP contribution is 2.24. The number of ether oxygens (including phenoxy) is 1. The highest BCUT2D eigenvalue weighted by atomic mass is 32.2. The number of aromatic nitrogens is 2. The number of carbonyl (C=O) groups is 1. The standard InChI is InChI=1S/C21H17FN4O5S2/c1-11-3-8-18(32-11)33(29,30)26-21(28)23-12-4-6-14(16(22)9-12)19-20(27)15-7-5-13(31-2)10-17(15)24-25-19/h3-10H,1-2H3,(H,24,27)(H2,23,26,28). The molecular formula is C21H17FN4O5S2. The number of benzene rings is 2. The van der Waals surface area contributed by atoms with Crippen molar-refractivity contribution in [2.75, 3.05) is 12.4 Å². The summed E-state index contributed by atoms with van der Waals surface area (Å²) in [5.41, 5.74) is -0.284. The number of anilines is 1. The Morgan fingerprint density at radius 2 is 1.94 bits per heavy atom. The van der Waals surface area contributed by atoms with Crippen molar-refractivity contribution in [2.45, 2.75) is 11.1 Å². The van der Waals surface area contributed by atoms with E-state index in [0.29, 0.717) is 16.7 Å². The zero-order valence-electron chi connectivity index (χ0n) is 17.3. The van der Waals surface area contributed by atoms with E-state index in [4.69, 9.17) is 4.74 Å². The van der Waals surface area contributed by atoms with Crippen LogP contribution in [0.1, 0.15) is 4.88 Å². The Bertz CT molecular complexity index is 1550. The van der Waals surface area contributed by atoms with Gasteiger partial charge in [-0.05, 0) is 49.4 Å². The van der Waals surface area contributed by atoms with E-state index in [1.54, 1.807) is 31.2 Å². The second-order valence-corrected chi connectivity index (χ2v) is 10.1. The number of amides is 2. The van der Waals surface area contributed by atoms with Crippen molar-refractivity contribution in [3.63, 3.8) is 0 Å². The molecule has 0 unspecified atom stereocenters. The van der Waals surface area contributed by atoms with E-state index in [9.17, 15) is 22.4 Å². The predicted molar refractivity (Wildman–Crippen MR) is 123 cm³/mol. The minimum absolute atomic E-state index is 0.00624. The average molecular weight is 489 g/mol. The van der Waals surface area contributed by atoms with Gasteiger partial charge < -0.3 is 10.1 Å². The Morgan fingerprint density at radius 1 is 1.15 bits per heavy atom. The lowest BCUT2D eigenvalue weighted by atomic mass is 10.1. The maximum atomic E-state index is 14.8. The number of rotatable bonds is 5. The molecule has 0 fully saturated rings. The van der Waals surface area contributed by atoms with Crippen LogP contribution >= 0.6 is 11.3 Å². The van der Waals surface area contributed by atoms with Gasteiger partial charge in [0.05, 0.1) is 12.6 Å². The molecule has 0 saturated heterocycles. The Balaban J connectivity index is 1.57. The Morgan fingerprint density at radius 3 is 2.61 bits per heavy atom. The van der Waals surface area contributed by atoms with E-state index in [1.807, 2.05) is 4.72 Å². The topological polar surface area (TPSA) is 130 Å². The molecule has 2 aromatic heterocycles. The first-order chi connectivity index (χ1) is 15.7. The Labute approximate surface area is 191 Å². The minimum atomic E-state index is -4.05. The number of hydrogen-bond acceptors (Lipinski definition) is 7. The highest BCUT2D eigenvalue weighted by Gasteiger charge is 2.20. The van der Waals surface area contributed by atoms with Crippen LogP contribution in [-0.2, 0) is 10.0 Å². The molecule has 33 heavy (non-hydrogen) atoms. The van der Waals surface area contributed by atoms with Crippen LogP contribution in [0.25, 0.3) is 22.2 Å². The minimum Gasteiger partial charge on any atom is -0.497 e. The maximum absolute atomic E-state index is 14.8. The van der Waals surface area contributed by atoms with Gasteiger partial charge in [0, 0.05) is 27.6 Å². The van der Waals surface area contributed by atoms with E-state index < -0.39 is 27.3 Å². The maximum Gasteiger partial charge on any atom is 0.333 e. The summed E-state index contributed by atoms with van der Waals surface area (Å²) in [6, 6.07) is 10.3. The number of carbonyl (C=O) groups excluding carboxylic acids is 1. The molecule has 2 amide bonds. The van der Waals surface area contributed by atoms with Crippen LogP contribution in [0.15, 0.2) is 57.5 Å². The number of sulfonamides is 1. The summed E-state index contributed by atoms with van der Waals surface area (Å²) in [5.74, 6) is -0.292. The first-order valence-corrected chi connectivity index (χ1v) is 11.7. The van der Waals surface area contributed by atoms with Crippen molar-refractivity contribution < 1.29 is 22.3 Å². The number of urea groups is 1. The molecule has 4 aromatic rings. The normalized spacial score (nSPS) is 11.4. The number of aryl methyl sites for hydroxylation is 1. The first kappa shape index (κ1) is 22.4. The molecule has 0 aliphatic carbocycles. The van der Waals surface area contributed by atoms with E-state index in [1.165, 1.54) is 25.3 Å². The van der Waals surface area contributed by atoms with Crippen LogP contribution < -0.4 is 20.2 Å². The van der Waals surface area contributed by atoms with Gasteiger partial charge in [-0.2, -0.15) is 5.10 Å². The van der Waals surface area contributed by atoms with Crippen molar-refractivity contribution in [3.05, 3.63) is 69.4 Å². The number of thiophene rings is 1. The summed E-state index contributed by atoms with van der Waals surface area (Å²) in [4.78, 5) is 25.7. The summed E-state index contributed by atoms with van der Waals surface area (Å²) < 4.78 is 46.2. The second-order valence-electron chi connectivity index (χ2n) is 6.93. The van der Waals surface area contributed by atoms with Gasteiger partial charge in [0.1, 0.15) is 21.5 Å². The molecule has 2 aromatic carbocycles. The number of nitrogens with zero attached hydrogens (tertiary/aromatic N) is 1. The summed E-state index contributed by atoms with van der Waals surface area (Å²) in [5, 5.41) is 9.25. The summed E-state index contributed by atoms with van der Waals surface area (Å²) in [7, 11) is -2.56. The Hall–Kier alpha value is -3.77. The predicted octanol–water partition coefficient (Wildman–Crippen LogP) is 3.62. The van der Waals surface area contributed by atoms with Crippen LogP contribution in [0.4, 0.5) is 14.9 Å². The molecule has 12 heteroatoms. The third-order valence-electron chi connectivity index (χ3n) is 4.66. The third kappa shape index (κ3) is 4.56. The summed E-state index contributed by atoms with van der Waals surface area (Å²) >= 11 is 1.01. The van der Waals surface area contributed by atoms with Gasteiger partial charge in [-0.15, -0.1) is 11.3 Å². The van der Waals surface area contributed by atoms with Crippen LogP contribution in [-0.4, -0.2) is 31.8 Å². The van der Waals surface area contributed by atoms with Crippen molar-refractivity contribution in [3.8, 4) is 17.0 Å². The molecule has 4 rings (SSSR count). The lowest BCUT2D eigenvalue weighted by Crippen LogP contribution is -2.34. The molecule has 0 atom stereocenters. The molecule has 0 saturated carbocycles. The van der Waals surface area contributed by atoms with Gasteiger partial charge in [-0.1, -0.05) is 0 Å². The van der Waals surface area contributed by atoms with E-state index in [2.05, 4.69) is 15.5 Å². The van der Waals surface area contributed by atoms with Crippen molar-refractivity contribution in [1.29, 1.82) is 0 Å².